The lowest BCUT2D eigenvalue weighted by atomic mass is 10.0. The van der Waals surface area contributed by atoms with E-state index < -0.39 is 24.3 Å². The summed E-state index contributed by atoms with van der Waals surface area (Å²) in [5.41, 5.74) is 6.44. The largest absolute Gasteiger partial charge is 0.493 e. The Kier molecular flexibility index (Phi) is 4.83. The van der Waals surface area contributed by atoms with Crippen molar-refractivity contribution in [2.24, 2.45) is 0 Å². The summed E-state index contributed by atoms with van der Waals surface area (Å²) >= 11 is 0. The molecule has 0 spiro atoms. The normalized spacial score (nSPS) is 15.6. The third-order valence-electron chi connectivity index (χ3n) is 3.86. The van der Waals surface area contributed by atoms with Crippen LogP contribution in [0.25, 0.3) is 0 Å². The molecular formula is C18H17FN2O4. The van der Waals surface area contributed by atoms with Gasteiger partial charge in [0.15, 0.2) is 6.61 Å². The second-order valence-electron chi connectivity index (χ2n) is 5.60. The number of rotatable bonds is 4. The third kappa shape index (κ3) is 3.88. The van der Waals surface area contributed by atoms with E-state index in [9.17, 15) is 14.0 Å². The first kappa shape index (κ1) is 16.8. The van der Waals surface area contributed by atoms with Crippen LogP contribution in [0.3, 0.4) is 0 Å². The van der Waals surface area contributed by atoms with Gasteiger partial charge in [0.05, 0.1) is 18.2 Å². The van der Waals surface area contributed by atoms with Crippen LogP contribution in [0.15, 0.2) is 42.5 Å². The molecule has 3 rings (SSSR count). The van der Waals surface area contributed by atoms with E-state index in [1.165, 1.54) is 6.07 Å². The first-order chi connectivity index (χ1) is 12.0. The average Bonchev–Trinajstić information content (AvgIpc) is 2.60. The Morgan fingerprint density at radius 3 is 2.88 bits per heavy atom. The molecule has 0 radical (unpaired) electrons. The number of halogens is 1. The van der Waals surface area contributed by atoms with Crippen molar-refractivity contribution in [1.82, 2.24) is 5.32 Å². The number of benzene rings is 2. The van der Waals surface area contributed by atoms with Crippen LogP contribution in [0, 0.1) is 5.82 Å². The van der Waals surface area contributed by atoms with Gasteiger partial charge in [0.1, 0.15) is 11.6 Å². The van der Waals surface area contributed by atoms with Crippen LogP contribution < -0.4 is 15.8 Å². The maximum Gasteiger partial charge on any atom is 0.340 e. The number of nitrogen functional groups attached to an aromatic ring is 1. The second-order valence-corrected chi connectivity index (χ2v) is 5.60. The summed E-state index contributed by atoms with van der Waals surface area (Å²) in [6.07, 6.45) is 0.627. The fourth-order valence-corrected chi connectivity index (χ4v) is 2.66. The van der Waals surface area contributed by atoms with Crippen LogP contribution in [0.4, 0.5) is 10.1 Å². The Bertz CT molecular complexity index is 809. The third-order valence-corrected chi connectivity index (χ3v) is 3.86. The average molecular weight is 344 g/mol. The molecule has 2 aromatic rings. The maximum atomic E-state index is 13.0. The highest BCUT2D eigenvalue weighted by atomic mass is 19.1. The fourth-order valence-electron chi connectivity index (χ4n) is 2.66. The number of fused-ring (bicyclic) bond motifs is 1. The smallest absolute Gasteiger partial charge is 0.340 e. The Morgan fingerprint density at radius 1 is 1.28 bits per heavy atom. The van der Waals surface area contributed by atoms with Crippen molar-refractivity contribution in [3.63, 3.8) is 0 Å². The number of ether oxygens (including phenoxy) is 2. The zero-order chi connectivity index (χ0) is 17.8. The molecule has 25 heavy (non-hydrogen) atoms. The molecule has 0 fully saturated rings. The Hall–Kier alpha value is -3.09. The number of carbonyl (C=O) groups excluding carboxylic acids is 2. The minimum atomic E-state index is -0.778. The Morgan fingerprint density at radius 2 is 2.08 bits per heavy atom. The van der Waals surface area contributed by atoms with E-state index in [-0.39, 0.29) is 17.3 Å². The van der Waals surface area contributed by atoms with Crippen molar-refractivity contribution < 1.29 is 23.5 Å². The van der Waals surface area contributed by atoms with E-state index in [1.807, 2.05) is 24.3 Å². The van der Waals surface area contributed by atoms with Crippen molar-refractivity contribution in [2.75, 3.05) is 18.9 Å². The number of hydrogen-bond acceptors (Lipinski definition) is 5. The molecule has 1 heterocycles. The minimum absolute atomic E-state index is 0.0191. The van der Waals surface area contributed by atoms with E-state index in [2.05, 4.69) is 5.32 Å². The second kappa shape index (κ2) is 7.21. The summed E-state index contributed by atoms with van der Waals surface area (Å²) in [6.45, 7) is 0.0447. The van der Waals surface area contributed by atoms with Gasteiger partial charge in [-0.1, -0.05) is 18.2 Å². The van der Waals surface area contributed by atoms with Gasteiger partial charge in [-0.15, -0.1) is 0 Å². The van der Waals surface area contributed by atoms with Gasteiger partial charge < -0.3 is 20.5 Å². The SMILES string of the molecule is Nc1cc(F)ccc1C(=O)OCC(=O)N[C@@H]1CCOc2ccccc21. The van der Waals surface area contributed by atoms with E-state index in [1.54, 1.807) is 0 Å². The van der Waals surface area contributed by atoms with E-state index in [0.717, 1.165) is 23.4 Å². The van der Waals surface area contributed by atoms with Gasteiger partial charge in [-0.3, -0.25) is 4.79 Å². The summed E-state index contributed by atoms with van der Waals surface area (Å²) in [6, 6.07) is 10.6. The number of nitrogens with two attached hydrogens (primary N) is 1. The molecule has 3 N–H and O–H groups in total. The molecule has 7 heteroatoms. The lowest BCUT2D eigenvalue weighted by molar-refractivity contribution is -0.125. The number of para-hydroxylation sites is 1. The molecule has 1 aliphatic heterocycles. The monoisotopic (exact) mass is 344 g/mol. The molecule has 1 atom stereocenters. The van der Waals surface area contributed by atoms with Crippen molar-refractivity contribution in [3.8, 4) is 5.75 Å². The van der Waals surface area contributed by atoms with Crippen LogP contribution in [-0.2, 0) is 9.53 Å². The van der Waals surface area contributed by atoms with Crippen molar-refractivity contribution in [1.29, 1.82) is 0 Å². The Labute approximate surface area is 143 Å². The molecule has 0 aliphatic carbocycles. The molecule has 0 bridgehead atoms. The predicted molar refractivity (Wildman–Crippen MR) is 88.5 cm³/mol. The molecule has 0 saturated heterocycles. The highest BCUT2D eigenvalue weighted by Gasteiger charge is 2.23. The summed E-state index contributed by atoms with van der Waals surface area (Å²) < 4.78 is 23.5. The van der Waals surface area contributed by atoms with Gasteiger partial charge in [-0.2, -0.15) is 0 Å². The minimum Gasteiger partial charge on any atom is -0.493 e. The van der Waals surface area contributed by atoms with E-state index in [4.69, 9.17) is 15.2 Å². The highest BCUT2D eigenvalue weighted by Crippen LogP contribution is 2.31. The molecule has 1 amide bonds. The predicted octanol–water partition coefficient (Wildman–Crippen LogP) is 2.20. The van der Waals surface area contributed by atoms with Gasteiger partial charge in [0.25, 0.3) is 5.91 Å². The number of hydrogen-bond donors (Lipinski definition) is 2. The molecule has 2 aromatic carbocycles. The molecule has 0 unspecified atom stereocenters. The zero-order valence-corrected chi connectivity index (χ0v) is 13.3. The van der Waals surface area contributed by atoms with Gasteiger partial charge >= 0.3 is 5.97 Å². The molecular weight excluding hydrogens is 327 g/mol. The van der Waals surface area contributed by atoms with Crippen LogP contribution in [-0.4, -0.2) is 25.1 Å². The van der Waals surface area contributed by atoms with Crippen molar-refractivity contribution in [2.45, 2.75) is 12.5 Å². The van der Waals surface area contributed by atoms with Crippen molar-refractivity contribution >= 4 is 17.6 Å². The highest BCUT2D eigenvalue weighted by molar-refractivity contribution is 5.96. The van der Waals surface area contributed by atoms with Gasteiger partial charge in [0, 0.05) is 17.7 Å². The van der Waals surface area contributed by atoms with Crippen molar-refractivity contribution in [3.05, 3.63) is 59.4 Å². The van der Waals surface area contributed by atoms with Gasteiger partial charge in [0.2, 0.25) is 0 Å². The van der Waals surface area contributed by atoms with E-state index in [0.29, 0.717) is 13.0 Å². The first-order valence-corrected chi connectivity index (χ1v) is 7.78. The molecule has 1 aliphatic rings. The lowest BCUT2D eigenvalue weighted by Gasteiger charge is -2.26. The van der Waals surface area contributed by atoms with Crippen LogP contribution in [0.1, 0.15) is 28.4 Å². The lowest BCUT2D eigenvalue weighted by Crippen LogP contribution is -2.35. The van der Waals surface area contributed by atoms with Gasteiger partial charge in [-0.25, -0.2) is 9.18 Å². The number of nitrogens with one attached hydrogen (secondary N) is 1. The van der Waals surface area contributed by atoms with Gasteiger partial charge in [-0.05, 0) is 24.3 Å². The van der Waals surface area contributed by atoms with Crippen LogP contribution in [0.2, 0.25) is 0 Å². The Balaban J connectivity index is 1.58. The number of esters is 1. The topological polar surface area (TPSA) is 90.7 Å². The molecule has 0 aromatic heterocycles. The van der Waals surface area contributed by atoms with Crippen LogP contribution in [0.5, 0.6) is 5.75 Å². The summed E-state index contributed by atoms with van der Waals surface area (Å²) in [5.74, 6) is -1.03. The number of anilines is 1. The zero-order valence-electron chi connectivity index (χ0n) is 13.3. The summed E-state index contributed by atoms with van der Waals surface area (Å²) in [5, 5.41) is 2.82. The first-order valence-electron chi connectivity index (χ1n) is 7.78. The quantitative estimate of drug-likeness (QED) is 0.655. The molecule has 6 nitrogen and oxygen atoms in total. The molecule has 130 valence electrons. The summed E-state index contributed by atoms with van der Waals surface area (Å²) in [4.78, 5) is 24.0. The standard InChI is InChI=1S/C18H17FN2O4/c19-11-5-6-12(14(20)9-11)18(23)25-10-17(22)21-15-7-8-24-16-4-2-1-3-13(15)16/h1-6,9,15H,7-8,10,20H2,(H,21,22)/t15-/m1/s1. The fraction of sp³-hybridized carbons (Fsp3) is 0.222. The molecule has 0 saturated carbocycles. The van der Waals surface area contributed by atoms with Crippen LogP contribution >= 0.6 is 0 Å². The summed E-state index contributed by atoms with van der Waals surface area (Å²) in [7, 11) is 0. The number of amides is 1. The number of carbonyl (C=O) groups is 2. The maximum absolute atomic E-state index is 13.0. The van der Waals surface area contributed by atoms with E-state index >= 15 is 0 Å².